The van der Waals surface area contributed by atoms with E-state index in [4.69, 9.17) is 5.73 Å². The molecule has 1 aliphatic carbocycles. The van der Waals surface area contributed by atoms with Gasteiger partial charge in [0.2, 0.25) is 0 Å². The van der Waals surface area contributed by atoms with Gasteiger partial charge in [0, 0.05) is 18.4 Å². The van der Waals surface area contributed by atoms with Crippen molar-refractivity contribution in [3.05, 3.63) is 0 Å². The summed E-state index contributed by atoms with van der Waals surface area (Å²) in [6, 6.07) is 0.349. The molecule has 0 aromatic heterocycles. The third-order valence-electron chi connectivity index (χ3n) is 3.87. The van der Waals surface area contributed by atoms with Crippen molar-refractivity contribution in [2.45, 2.75) is 64.8 Å². The van der Waals surface area contributed by atoms with E-state index in [1.807, 2.05) is 0 Å². The summed E-state index contributed by atoms with van der Waals surface area (Å²) in [4.78, 5) is 12.0. The molecule has 15 heavy (non-hydrogen) atoms. The number of Topliss-reactive ketones (excluding diaryl/α,β-unsaturated/α-hetero) is 1. The Balaban J connectivity index is 2.33. The van der Waals surface area contributed by atoms with Gasteiger partial charge in [-0.2, -0.15) is 0 Å². The van der Waals surface area contributed by atoms with E-state index < -0.39 is 0 Å². The molecule has 0 radical (unpaired) electrons. The molecule has 0 atom stereocenters. The molecule has 2 nitrogen and oxygen atoms in total. The van der Waals surface area contributed by atoms with Crippen LogP contribution in [0.15, 0.2) is 0 Å². The highest BCUT2D eigenvalue weighted by Gasteiger charge is 2.25. The summed E-state index contributed by atoms with van der Waals surface area (Å²) in [7, 11) is 0. The molecule has 88 valence electrons. The summed E-state index contributed by atoms with van der Waals surface area (Å²) in [5.41, 5.74) is 5.84. The zero-order valence-corrected chi connectivity index (χ0v) is 10.2. The highest BCUT2D eigenvalue weighted by atomic mass is 16.1. The predicted octanol–water partition coefficient (Wildman–Crippen LogP) is 2.90. The number of nitrogens with two attached hydrogens (primary N) is 1. The van der Waals surface area contributed by atoms with Crippen LogP contribution in [0.25, 0.3) is 0 Å². The van der Waals surface area contributed by atoms with E-state index in [0.717, 1.165) is 44.9 Å². The summed E-state index contributed by atoms with van der Waals surface area (Å²) in [6.45, 7) is 4.36. The van der Waals surface area contributed by atoms with Gasteiger partial charge in [-0.25, -0.2) is 0 Å². The summed E-state index contributed by atoms with van der Waals surface area (Å²) in [6.07, 6.45) is 7.20. The zero-order chi connectivity index (χ0) is 11.3. The molecular weight excluding hydrogens is 186 g/mol. The lowest BCUT2D eigenvalue weighted by atomic mass is 9.80. The van der Waals surface area contributed by atoms with Gasteiger partial charge in [0.1, 0.15) is 5.78 Å². The first-order valence-corrected chi connectivity index (χ1v) is 6.45. The van der Waals surface area contributed by atoms with Crippen molar-refractivity contribution in [2.75, 3.05) is 0 Å². The van der Waals surface area contributed by atoms with Crippen LogP contribution in [-0.4, -0.2) is 11.8 Å². The van der Waals surface area contributed by atoms with Crippen LogP contribution in [0.5, 0.6) is 0 Å². The molecule has 0 amide bonds. The van der Waals surface area contributed by atoms with E-state index in [2.05, 4.69) is 13.8 Å². The standard InChI is InChI=1S/C13H25NO/c1-3-10(4-2)9-13(15)11-5-7-12(14)8-6-11/h10-12H,3-9,14H2,1-2H3. The molecule has 0 spiro atoms. The Kier molecular flexibility index (Phi) is 5.30. The number of ketones is 1. The van der Waals surface area contributed by atoms with Gasteiger partial charge in [-0.1, -0.05) is 26.7 Å². The molecule has 0 saturated heterocycles. The van der Waals surface area contributed by atoms with Gasteiger partial charge in [0.15, 0.2) is 0 Å². The second-order valence-electron chi connectivity index (χ2n) is 4.96. The second-order valence-corrected chi connectivity index (χ2v) is 4.96. The molecular formula is C13H25NO. The SMILES string of the molecule is CCC(CC)CC(=O)C1CCC(N)CC1. The maximum atomic E-state index is 12.0. The molecule has 1 fully saturated rings. The van der Waals surface area contributed by atoms with Crippen LogP contribution in [0.2, 0.25) is 0 Å². The molecule has 2 N–H and O–H groups in total. The molecule has 0 aliphatic heterocycles. The van der Waals surface area contributed by atoms with Crippen LogP contribution >= 0.6 is 0 Å². The van der Waals surface area contributed by atoms with Crippen molar-refractivity contribution in [1.29, 1.82) is 0 Å². The Morgan fingerprint density at radius 3 is 2.20 bits per heavy atom. The number of hydrogen-bond donors (Lipinski definition) is 1. The van der Waals surface area contributed by atoms with Crippen LogP contribution in [-0.2, 0) is 4.79 Å². The highest BCUT2D eigenvalue weighted by Crippen LogP contribution is 2.27. The molecule has 2 heteroatoms. The molecule has 1 aliphatic rings. The first-order chi connectivity index (χ1) is 7.17. The van der Waals surface area contributed by atoms with Crippen molar-refractivity contribution in [2.24, 2.45) is 17.6 Å². The average molecular weight is 211 g/mol. The minimum Gasteiger partial charge on any atom is -0.328 e. The first kappa shape index (κ1) is 12.7. The van der Waals surface area contributed by atoms with Crippen LogP contribution in [0, 0.1) is 11.8 Å². The van der Waals surface area contributed by atoms with Crippen LogP contribution in [0.3, 0.4) is 0 Å². The van der Waals surface area contributed by atoms with Crippen molar-refractivity contribution >= 4 is 5.78 Å². The average Bonchev–Trinajstić information content (AvgIpc) is 2.26. The normalized spacial score (nSPS) is 26.9. The monoisotopic (exact) mass is 211 g/mol. The summed E-state index contributed by atoms with van der Waals surface area (Å²) in [5, 5.41) is 0. The Labute approximate surface area is 93.6 Å². The van der Waals surface area contributed by atoms with Crippen molar-refractivity contribution in [1.82, 2.24) is 0 Å². The fraction of sp³-hybridized carbons (Fsp3) is 0.923. The molecule has 0 aromatic rings. The maximum absolute atomic E-state index is 12.0. The van der Waals surface area contributed by atoms with E-state index >= 15 is 0 Å². The quantitative estimate of drug-likeness (QED) is 0.760. The summed E-state index contributed by atoms with van der Waals surface area (Å²) in [5.74, 6) is 1.43. The Bertz CT molecular complexity index is 191. The van der Waals surface area contributed by atoms with Gasteiger partial charge in [-0.05, 0) is 31.6 Å². The number of carbonyl (C=O) groups is 1. The third-order valence-corrected chi connectivity index (χ3v) is 3.87. The Hall–Kier alpha value is -0.370. The minimum atomic E-state index is 0.324. The lowest BCUT2D eigenvalue weighted by Crippen LogP contribution is -2.30. The van der Waals surface area contributed by atoms with Crippen LogP contribution in [0.1, 0.15) is 58.8 Å². The van der Waals surface area contributed by atoms with Gasteiger partial charge >= 0.3 is 0 Å². The van der Waals surface area contributed by atoms with E-state index in [9.17, 15) is 4.79 Å². The highest BCUT2D eigenvalue weighted by molar-refractivity contribution is 5.81. The van der Waals surface area contributed by atoms with Gasteiger partial charge in [0.25, 0.3) is 0 Å². The van der Waals surface area contributed by atoms with Crippen molar-refractivity contribution in [3.63, 3.8) is 0 Å². The molecule has 1 rings (SSSR count). The lowest BCUT2D eigenvalue weighted by Gasteiger charge is -2.26. The van der Waals surface area contributed by atoms with Crippen molar-refractivity contribution in [3.8, 4) is 0 Å². The van der Waals surface area contributed by atoms with Crippen molar-refractivity contribution < 1.29 is 4.79 Å². The molecule has 0 unspecified atom stereocenters. The van der Waals surface area contributed by atoms with Gasteiger partial charge in [0.05, 0.1) is 0 Å². The topological polar surface area (TPSA) is 43.1 Å². The molecule has 0 bridgehead atoms. The van der Waals surface area contributed by atoms with E-state index in [1.165, 1.54) is 0 Å². The minimum absolute atomic E-state index is 0.324. The maximum Gasteiger partial charge on any atom is 0.136 e. The van der Waals surface area contributed by atoms with E-state index in [0.29, 0.717) is 23.7 Å². The fourth-order valence-electron chi connectivity index (χ4n) is 2.47. The summed E-state index contributed by atoms with van der Waals surface area (Å²) < 4.78 is 0. The first-order valence-electron chi connectivity index (χ1n) is 6.45. The Morgan fingerprint density at radius 1 is 1.20 bits per heavy atom. The van der Waals surface area contributed by atoms with Crippen LogP contribution in [0.4, 0.5) is 0 Å². The molecule has 0 aromatic carbocycles. The lowest BCUT2D eigenvalue weighted by molar-refractivity contribution is -0.124. The van der Waals surface area contributed by atoms with Gasteiger partial charge < -0.3 is 5.73 Å². The number of rotatable bonds is 5. The Morgan fingerprint density at radius 2 is 1.73 bits per heavy atom. The predicted molar refractivity (Wildman–Crippen MR) is 63.6 cm³/mol. The third kappa shape index (κ3) is 3.94. The number of hydrogen-bond acceptors (Lipinski definition) is 2. The number of carbonyl (C=O) groups excluding carboxylic acids is 1. The van der Waals surface area contributed by atoms with Gasteiger partial charge in [-0.15, -0.1) is 0 Å². The van der Waals surface area contributed by atoms with Gasteiger partial charge in [-0.3, -0.25) is 4.79 Å². The zero-order valence-electron chi connectivity index (χ0n) is 10.2. The fourth-order valence-corrected chi connectivity index (χ4v) is 2.47. The second kappa shape index (κ2) is 6.26. The summed E-state index contributed by atoms with van der Waals surface area (Å²) >= 11 is 0. The smallest absolute Gasteiger partial charge is 0.136 e. The van der Waals surface area contributed by atoms with E-state index in [-0.39, 0.29) is 0 Å². The molecule has 1 saturated carbocycles. The largest absolute Gasteiger partial charge is 0.328 e. The van der Waals surface area contributed by atoms with E-state index in [1.54, 1.807) is 0 Å². The van der Waals surface area contributed by atoms with Crippen LogP contribution < -0.4 is 5.73 Å². The molecule has 0 heterocycles.